The highest BCUT2D eigenvalue weighted by Crippen LogP contribution is 2.65. The maximum atomic E-state index is 13.9. The lowest BCUT2D eigenvalue weighted by Crippen LogP contribution is -2.65. The molecule has 4 fully saturated rings. The molecule has 4 N–H and O–H groups in total. The Labute approximate surface area is 277 Å². The van der Waals surface area contributed by atoms with Gasteiger partial charge in [0.25, 0.3) is 0 Å². The third-order valence-electron chi connectivity index (χ3n) is 10.4. The number of amides is 3. The number of carbonyl (C=O) groups excluding carboxylic acids is 4. The van der Waals surface area contributed by atoms with E-state index in [1.165, 1.54) is 7.11 Å². The van der Waals surface area contributed by atoms with Crippen molar-refractivity contribution >= 4 is 43.1 Å². The Hall–Kier alpha value is -2.61. The molecule has 46 heavy (non-hydrogen) atoms. The number of benzene rings is 1. The number of rotatable bonds is 16. The molecule has 1 aromatic rings. The van der Waals surface area contributed by atoms with Crippen LogP contribution in [0.2, 0.25) is 0 Å². The van der Waals surface area contributed by atoms with Crippen LogP contribution in [0.1, 0.15) is 59.4 Å². The maximum Gasteiger partial charge on any atom is 0.472 e. The number of ether oxygens (including phenoxy) is 1. The van der Waals surface area contributed by atoms with Crippen LogP contribution in [0, 0.1) is 23.2 Å². The molecule has 1 aromatic carbocycles. The summed E-state index contributed by atoms with van der Waals surface area (Å²) < 4.78 is 17.6. The van der Waals surface area contributed by atoms with Crippen LogP contribution in [0.25, 0.3) is 0 Å². The summed E-state index contributed by atoms with van der Waals surface area (Å²) in [5, 5.41) is 11.7. The van der Waals surface area contributed by atoms with Gasteiger partial charge in [-0.25, -0.2) is 4.79 Å². The average molecular weight is 659 g/mol. The van der Waals surface area contributed by atoms with Crippen molar-refractivity contribution in [3.8, 4) is 0 Å². The van der Waals surface area contributed by atoms with Crippen molar-refractivity contribution in [3.05, 3.63) is 35.9 Å². The van der Waals surface area contributed by atoms with E-state index in [0.717, 1.165) is 24.7 Å². The fourth-order valence-corrected chi connectivity index (χ4v) is 8.00. The van der Waals surface area contributed by atoms with Crippen LogP contribution in [-0.2, 0) is 34.9 Å². The van der Waals surface area contributed by atoms with E-state index < -0.39 is 42.6 Å². The molecule has 7 atom stereocenters. The molecule has 1 aliphatic heterocycles. The van der Waals surface area contributed by atoms with Crippen molar-refractivity contribution in [2.45, 2.75) is 89.6 Å². The van der Waals surface area contributed by atoms with Crippen molar-refractivity contribution in [2.24, 2.45) is 23.2 Å². The van der Waals surface area contributed by atoms with Gasteiger partial charge in [-0.05, 0) is 66.9 Å². The monoisotopic (exact) mass is 658 g/mol. The first-order valence-electron chi connectivity index (χ1n) is 16.3. The lowest BCUT2D eigenvalue weighted by atomic mass is 9.43. The molecule has 0 aromatic heterocycles. The first kappa shape index (κ1) is 36.2. The number of hydrogen-bond donors (Lipinski definition) is 4. The highest BCUT2D eigenvalue weighted by Gasteiger charge is 2.67. The van der Waals surface area contributed by atoms with Crippen molar-refractivity contribution < 1.29 is 33.2 Å². The minimum Gasteiger partial charge on any atom is -0.453 e. The molecule has 4 aliphatic rings. The van der Waals surface area contributed by atoms with Gasteiger partial charge in [0.2, 0.25) is 11.8 Å². The second kappa shape index (κ2) is 15.1. The Morgan fingerprint density at radius 2 is 1.85 bits per heavy atom. The van der Waals surface area contributed by atoms with Crippen molar-refractivity contribution in [1.29, 1.82) is 0 Å². The second-order valence-corrected chi connectivity index (χ2v) is 15.1. The molecule has 13 heteroatoms. The van der Waals surface area contributed by atoms with E-state index in [0.29, 0.717) is 30.5 Å². The van der Waals surface area contributed by atoms with Gasteiger partial charge in [0.1, 0.15) is 23.9 Å². The normalized spacial score (nSPS) is 27.0. The largest absolute Gasteiger partial charge is 0.472 e. The molecule has 1 heterocycles. The van der Waals surface area contributed by atoms with Gasteiger partial charge in [0, 0.05) is 19.4 Å². The summed E-state index contributed by atoms with van der Waals surface area (Å²) in [6.45, 7) is 10.5. The van der Waals surface area contributed by atoms with Crippen LogP contribution in [0.3, 0.4) is 0 Å². The summed E-state index contributed by atoms with van der Waals surface area (Å²) in [6.07, 6.45) is 5.11. The van der Waals surface area contributed by atoms with Gasteiger partial charge in [0.15, 0.2) is 0 Å². The number of methoxy groups -OCH3 is 1. The molecule has 7 unspecified atom stereocenters. The SMILES string of the molecule is COC(=O)NC(C(=O)NC(Cc1ccccc1)C(=O)NC(C=O)(CCSC)CNCB1OC2CC3CC(C3(C)C)C2(C)O1)C(C)C. The smallest absolute Gasteiger partial charge is 0.453 e. The quantitative estimate of drug-likeness (QED) is 0.156. The van der Waals surface area contributed by atoms with E-state index in [1.54, 1.807) is 25.6 Å². The summed E-state index contributed by atoms with van der Waals surface area (Å²) in [4.78, 5) is 52.0. The highest BCUT2D eigenvalue weighted by molar-refractivity contribution is 7.98. The van der Waals surface area contributed by atoms with Gasteiger partial charge in [-0.3, -0.25) is 9.59 Å². The highest BCUT2D eigenvalue weighted by atomic mass is 32.2. The van der Waals surface area contributed by atoms with Gasteiger partial charge in [0.05, 0.1) is 18.8 Å². The molecular formula is C33H51BN4O7S. The van der Waals surface area contributed by atoms with Crippen LogP contribution >= 0.6 is 11.8 Å². The standard InChI is InChI=1S/C33H51BN4O7S/c1-21(2)27(37-30(42)43-6)29(41)36-24(15-22-11-9-8-10-12-22)28(40)38-33(19-39,13-14-46-7)18-35-20-34-44-26-17-23-16-25(31(23,3)4)32(26,5)45-34/h8-12,19,21,23-27,35H,13-18,20H2,1-7H3,(H,36,41)(H,37,42)(H,38,40). The van der Waals surface area contributed by atoms with Crippen molar-refractivity contribution in [2.75, 3.05) is 32.1 Å². The number of hydrogen-bond acceptors (Lipinski definition) is 9. The Kier molecular flexibility index (Phi) is 11.9. The van der Waals surface area contributed by atoms with E-state index in [1.807, 2.05) is 36.6 Å². The zero-order valence-electron chi connectivity index (χ0n) is 28.2. The predicted molar refractivity (Wildman–Crippen MR) is 179 cm³/mol. The zero-order valence-corrected chi connectivity index (χ0v) is 29.0. The van der Waals surface area contributed by atoms with E-state index in [2.05, 4.69) is 42.0 Å². The Balaban J connectivity index is 1.45. The number of nitrogens with one attached hydrogen (secondary N) is 4. The Morgan fingerprint density at radius 1 is 1.13 bits per heavy atom. The average Bonchev–Trinajstić information content (AvgIpc) is 3.37. The third kappa shape index (κ3) is 7.91. The summed E-state index contributed by atoms with van der Waals surface area (Å²) in [7, 11) is 0.769. The molecule has 3 amide bonds. The molecular weight excluding hydrogens is 607 g/mol. The summed E-state index contributed by atoms with van der Waals surface area (Å²) in [5.41, 5.74) is -0.503. The van der Waals surface area contributed by atoms with Gasteiger partial charge in [-0.1, -0.05) is 58.0 Å². The minimum atomic E-state index is -1.24. The number of alkyl carbamates (subject to hydrolysis) is 1. The maximum absolute atomic E-state index is 13.9. The van der Waals surface area contributed by atoms with Crippen molar-refractivity contribution in [1.82, 2.24) is 21.3 Å². The van der Waals surface area contributed by atoms with E-state index in [-0.39, 0.29) is 36.0 Å². The van der Waals surface area contributed by atoms with Gasteiger partial charge < -0.3 is 40.1 Å². The molecule has 3 saturated carbocycles. The Bertz CT molecular complexity index is 1240. The molecule has 5 rings (SSSR count). The number of thioether (sulfide) groups is 1. The predicted octanol–water partition coefficient (Wildman–Crippen LogP) is 2.76. The minimum absolute atomic E-state index is 0.0498. The van der Waals surface area contributed by atoms with Crippen LogP contribution in [0.15, 0.2) is 30.3 Å². The van der Waals surface area contributed by atoms with Crippen molar-refractivity contribution in [3.63, 3.8) is 0 Å². The van der Waals surface area contributed by atoms with Crippen LogP contribution < -0.4 is 21.3 Å². The van der Waals surface area contributed by atoms with E-state index in [4.69, 9.17) is 14.0 Å². The molecule has 0 spiro atoms. The first-order chi connectivity index (χ1) is 21.8. The van der Waals surface area contributed by atoms with Gasteiger partial charge in [-0.2, -0.15) is 11.8 Å². The number of aldehydes is 1. The summed E-state index contributed by atoms with van der Waals surface area (Å²) in [5.74, 6) is 0.417. The fourth-order valence-electron chi connectivity index (χ4n) is 7.43. The molecule has 0 radical (unpaired) electrons. The van der Waals surface area contributed by atoms with Crippen LogP contribution in [-0.4, -0.2) is 92.7 Å². The number of carbonyl (C=O) groups is 4. The summed E-state index contributed by atoms with van der Waals surface area (Å²) in [6, 6.07) is 7.37. The molecule has 254 valence electrons. The summed E-state index contributed by atoms with van der Waals surface area (Å²) >= 11 is 1.57. The third-order valence-corrected chi connectivity index (χ3v) is 11.0. The molecule has 3 aliphatic carbocycles. The van der Waals surface area contributed by atoms with E-state index in [9.17, 15) is 19.2 Å². The zero-order chi connectivity index (χ0) is 33.7. The van der Waals surface area contributed by atoms with Crippen LogP contribution in [0.4, 0.5) is 4.79 Å². The van der Waals surface area contributed by atoms with Gasteiger partial charge in [-0.15, -0.1) is 0 Å². The Morgan fingerprint density at radius 3 is 2.46 bits per heavy atom. The molecule has 11 nitrogen and oxygen atoms in total. The first-order valence-corrected chi connectivity index (χ1v) is 17.7. The lowest BCUT2D eigenvalue weighted by Gasteiger charge is -2.64. The second-order valence-electron chi connectivity index (χ2n) is 14.1. The molecule has 1 saturated heterocycles. The lowest BCUT2D eigenvalue weighted by molar-refractivity contribution is -0.199. The van der Waals surface area contributed by atoms with Crippen LogP contribution in [0.5, 0.6) is 0 Å². The van der Waals surface area contributed by atoms with Gasteiger partial charge >= 0.3 is 13.2 Å². The van der Waals surface area contributed by atoms with E-state index >= 15 is 0 Å². The fraction of sp³-hybridized carbons (Fsp3) is 0.697. The topological polar surface area (TPSA) is 144 Å². The molecule has 2 bridgehead atoms.